The first-order valence-electron chi connectivity index (χ1n) is 5.72. The van der Waals surface area contributed by atoms with E-state index in [1.54, 1.807) is 13.2 Å². The number of rotatable bonds is 5. The van der Waals surface area contributed by atoms with Crippen molar-refractivity contribution >= 4 is 10.1 Å². The minimum atomic E-state index is -4.14. The van der Waals surface area contributed by atoms with Crippen molar-refractivity contribution in [1.82, 2.24) is 0 Å². The van der Waals surface area contributed by atoms with Crippen molar-refractivity contribution in [2.24, 2.45) is 5.41 Å². The molecule has 0 aliphatic carbocycles. The summed E-state index contributed by atoms with van der Waals surface area (Å²) in [6.07, 6.45) is 0.691. The fraction of sp³-hybridized carbons (Fsp3) is 0.538. The van der Waals surface area contributed by atoms with E-state index in [9.17, 15) is 8.42 Å². The highest BCUT2D eigenvalue weighted by molar-refractivity contribution is 7.85. The maximum atomic E-state index is 11.1. The molecule has 0 saturated carbocycles. The van der Waals surface area contributed by atoms with Gasteiger partial charge in [0.2, 0.25) is 0 Å². The molecule has 0 unspecified atom stereocenters. The molecule has 0 amide bonds. The molecule has 0 aromatic heterocycles. The van der Waals surface area contributed by atoms with E-state index in [4.69, 9.17) is 9.29 Å². The predicted molar refractivity (Wildman–Crippen MR) is 70.4 cm³/mol. The van der Waals surface area contributed by atoms with Crippen LogP contribution in [0.15, 0.2) is 23.1 Å². The van der Waals surface area contributed by atoms with E-state index >= 15 is 0 Å². The Morgan fingerprint density at radius 2 is 1.94 bits per heavy atom. The highest BCUT2D eigenvalue weighted by Gasteiger charge is 2.20. The van der Waals surface area contributed by atoms with E-state index in [1.807, 2.05) is 6.92 Å². The molecule has 18 heavy (non-hydrogen) atoms. The number of aryl methyl sites for hydroxylation is 1. The third kappa shape index (κ3) is 4.08. The molecule has 1 aromatic carbocycles. The van der Waals surface area contributed by atoms with Crippen LogP contribution >= 0.6 is 0 Å². The summed E-state index contributed by atoms with van der Waals surface area (Å²) in [5.74, 6) is 0. The van der Waals surface area contributed by atoms with E-state index in [1.165, 1.54) is 12.1 Å². The lowest BCUT2D eigenvalue weighted by Crippen LogP contribution is -2.22. The van der Waals surface area contributed by atoms with E-state index in [0.717, 1.165) is 11.1 Å². The molecule has 0 fully saturated rings. The molecule has 0 heterocycles. The Morgan fingerprint density at radius 1 is 1.33 bits per heavy atom. The molecule has 0 saturated heterocycles. The second-order valence-corrected chi connectivity index (χ2v) is 6.76. The SMILES string of the molecule is COCC(C)(C)Cc1cc(S(=O)(=O)O)ccc1C. The number of hydrogen-bond acceptors (Lipinski definition) is 3. The van der Waals surface area contributed by atoms with Crippen LogP contribution in [-0.2, 0) is 21.3 Å². The molecule has 1 rings (SSSR count). The second kappa shape index (κ2) is 5.38. The summed E-state index contributed by atoms with van der Waals surface area (Å²) in [6, 6.07) is 4.65. The lowest BCUT2D eigenvalue weighted by molar-refractivity contribution is 0.104. The van der Waals surface area contributed by atoms with Crippen LogP contribution in [0.3, 0.4) is 0 Å². The standard InChI is InChI=1S/C13H20O4S/c1-10-5-6-12(18(14,15)16)7-11(10)8-13(2,3)9-17-4/h5-7H,8-9H2,1-4H3,(H,14,15,16). The molecule has 0 aliphatic heterocycles. The van der Waals surface area contributed by atoms with Gasteiger partial charge in [0.05, 0.1) is 11.5 Å². The fourth-order valence-corrected chi connectivity index (χ4v) is 2.49. The molecule has 0 spiro atoms. The van der Waals surface area contributed by atoms with Crippen LogP contribution in [0.2, 0.25) is 0 Å². The monoisotopic (exact) mass is 272 g/mol. The zero-order chi connectivity index (χ0) is 14.0. The van der Waals surface area contributed by atoms with Crippen molar-refractivity contribution in [1.29, 1.82) is 0 Å². The lowest BCUT2D eigenvalue weighted by Gasteiger charge is -2.24. The first-order valence-corrected chi connectivity index (χ1v) is 7.16. The fourth-order valence-electron chi connectivity index (χ4n) is 1.96. The predicted octanol–water partition coefficient (Wildman–Crippen LogP) is 2.46. The third-order valence-electron chi connectivity index (χ3n) is 2.82. The van der Waals surface area contributed by atoms with Gasteiger partial charge in [0.1, 0.15) is 0 Å². The molecule has 102 valence electrons. The third-order valence-corrected chi connectivity index (χ3v) is 3.67. The Balaban J connectivity index is 3.10. The smallest absolute Gasteiger partial charge is 0.294 e. The minimum absolute atomic E-state index is 0.0590. The van der Waals surface area contributed by atoms with Crippen molar-refractivity contribution in [2.75, 3.05) is 13.7 Å². The first kappa shape index (κ1) is 15.1. The van der Waals surface area contributed by atoms with Gasteiger partial charge in [0.15, 0.2) is 0 Å². The van der Waals surface area contributed by atoms with Crippen LogP contribution in [-0.4, -0.2) is 26.7 Å². The molecular weight excluding hydrogens is 252 g/mol. The number of benzene rings is 1. The molecule has 1 aromatic rings. The maximum absolute atomic E-state index is 11.1. The Morgan fingerprint density at radius 3 is 2.44 bits per heavy atom. The minimum Gasteiger partial charge on any atom is -0.384 e. The average Bonchev–Trinajstić information content (AvgIpc) is 2.19. The highest BCUT2D eigenvalue weighted by atomic mass is 32.2. The zero-order valence-corrected chi connectivity index (χ0v) is 12.0. The summed E-state index contributed by atoms with van der Waals surface area (Å²) >= 11 is 0. The van der Waals surface area contributed by atoms with E-state index in [-0.39, 0.29) is 10.3 Å². The normalized spacial score (nSPS) is 12.7. The largest absolute Gasteiger partial charge is 0.384 e. The first-order chi connectivity index (χ1) is 8.15. The quantitative estimate of drug-likeness (QED) is 0.836. The molecule has 0 atom stereocenters. The zero-order valence-electron chi connectivity index (χ0n) is 11.2. The van der Waals surface area contributed by atoms with Crippen molar-refractivity contribution in [3.05, 3.63) is 29.3 Å². The maximum Gasteiger partial charge on any atom is 0.294 e. The van der Waals surface area contributed by atoms with Crippen molar-refractivity contribution in [3.8, 4) is 0 Å². The Labute approximate surface area is 109 Å². The molecule has 5 heteroatoms. The molecule has 0 radical (unpaired) electrons. The van der Waals surface area contributed by atoms with Crippen LogP contribution < -0.4 is 0 Å². The van der Waals surface area contributed by atoms with Gasteiger partial charge in [0.25, 0.3) is 10.1 Å². The van der Waals surface area contributed by atoms with Crippen LogP contribution in [0.1, 0.15) is 25.0 Å². The number of ether oxygens (including phenoxy) is 1. The summed E-state index contributed by atoms with van der Waals surface area (Å²) in [7, 11) is -2.50. The second-order valence-electron chi connectivity index (χ2n) is 5.34. The van der Waals surface area contributed by atoms with Gasteiger partial charge in [-0.2, -0.15) is 8.42 Å². The molecule has 4 nitrogen and oxygen atoms in total. The van der Waals surface area contributed by atoms with Crippen LogP contribution in [0.25, 0.3) is 0 Å². The molecule has 1 N–H and O–H groups in total. The molecule has 0 aliphatic rings. The summed E-state index contributed by atoms with van der Waals surface area (Å²) in [5, 5.41) is 0. The summed E-state index contributed by atoms with van der Waals surface area (Å²) in [4.78, 5) is -0.0590. The summed E-state index contributed by atoms with van der Waals surface area (Å²) < 4.78 is 36.4. The van der Waals surface area contributed by atoms with Gasteiger partial charge >= 0.3 is 0 Å². The average molecular weight is 272 g/mol. The van der Waals surface area contributed by atoms with E-state index in [2.05, 4.69) is 13.8 Å². The van der Waals surface area contributed by atoms with Gasteiger partial charge in [0, 0.05) is 7.11 Å². The van der Waals surface area contributed by atoms with Crippen LogP contribution in [0, 0.1) is 12.3 Å². The summed E-state index contributed by atoms with van der Waals surface area (Å²) in [5.41, 5.74) is 1.83. The van der Waals surface area contributed by atoms with E-state index in [0.29, 0.717) is 13.0 Å². The Kier molecular flexibility index (Phi) is 4.53. The van der Waals surface area contributed by atoms with Gasteiger partial charge in [-0.05, 0) is 42.0 Å². The van der Waals surface area contributed by atoms with Gasteiger partial charge in [-0.3, -0.25) is 4.55 Å². The highest BCUT2D eigenvalue weighted by Crippen LogP contribution is 2.25. The number of hydrogen-bond donors (Lipinski definition) is 1. The molecular formula is C13H20O4S. The van der Waals surface area contributed by atoms with Crippen molar-refractivity contribution < 1.29 is 17.7 Å². The molecule has 0 bridgehead atoms. The number of methoxy groups -OCH3 is 1. The van der Waals surface area contributed by atoms with Crippen molar-refractivity contribution in [3.63, 3.8) is 0 Å². The van der Waals surface area contributed by atoms with Crippen LogP contribution in [0.4, 0.5) is 0 Å². The van der Waals surface area contributed by atoms with Gasteiger partial charge < -0.3 is 4.74 Å². The summed E-state index contributed by atoms with van der Waals surface area (Å²) in [6.45, 7) is 6.61. The van der Waals surface area contributed by atoms with E-state index < -0.39 is 10.1 Å². The van der Waals surface area contributed by atoms with Crippen LogP contribution in [0.5, 0.6) is 0 Å². The van der Waals surface area contributed by atoms with Gasteiger partial charge in [-0.25, -0.2) is 0 Å². The van der Waals surface area contributed by atoms with Gasteiger partial charge in [-0.1, -0.05) is 19.9 Å². The Bertz CT molecular complexity index is 518. The van der Waals surface area contributed by atoms with Crippen molar-refractivity contribution in [2.45, 2.75) is 32.1 Å². The lowest BCUT2D eigenvalue weighted by atomic mass is 9.85. The van der Waals surface area contributed by atoms with Gasteiger partial charge in [-0.15, -0.1) is 0 Å². The Hall–Kier alpha value is -0.910. The topological polar surface area (TPSA) is 63.6 Å².